The van der Waals surface area contributed by atoms with E-state index in [2.05, 4.69) is 0 Å². The van der Waals surface area contributed by atoms with Crippen LogP contribution in [0.5, 0.6) is 5.75 Å². The molecule has 1 saturated heterocycles. The number of aryl methyl sites for hydroxylation is 1. The number of carbonyl (C=O) groups excluding carboxylic acids is 3. The minimum Gasteiger partial charge on any atom is -0.461 e. The Hall–Kier alpha value is -3.52. The summed E-state index contributed by atoms with van der Waals surface area (Å²) in [7, 11) is -4.00. The van der Waals surface area contributed by atoms with Gasteiger partial charge in [0.1, 0.15) is 17.8 Å². The first kappa shape index (κ1) is 33.0. The van der Waals surface area contributed by atoms with E-state index in [1.54, 1.807) is 26.0 Å². The van der Waals surface area contributed by atoms with Crippen LogP contribution in [0.1, 0.15) is 39.2 Å². The topological polar surface area (TPSA) is 154 Å². The maximum Gasteiger partial charge on any atom is 0.415 e. The molecule has 3 rings (SSSR count). The molecular formula is C29H39N3O9S. The van der Waals surface area contributed by atoms with Gasteiger partial charge in [0.2, 0.25) is 15.9 Å². The number of ether oxygens (including phenoxy) is 2. The summed E-state index contributed by atoms with van der Waals surface area (Å²) in [5.74, 6) is -1.12. The third-order valence-electron chi connectivity index (χ3n) is 6.75. The molecule has 13 heteroatoms. The average Bonchev–Trinajstić information content (AvgIpc) is 3.45. The highest BCUT2D eigenvalue weighted by Crippen LogP contribution is 2.31. The van der Waals surface area contributed by atoms with E-state index in [1.807, 2.05) is 6.92 Å². The molecule has 2 aromatic rings. The molecule has 0 unspecified atom stereocenters. The number of anilines is 1. The molecule has 0 aliphatic carbocycles. The van der Waals surface area contributed by atoms with Crippen LogP contribution in [0.25, 0.3) is 0 Å². The molecule has 1 aliphatic rings. The van der Waals surface area contributed by atoms with Gasteiger partial charge in [-0.25, -0.2) is 18.0 Å². The van der Waals surface area contributed by atoms with E-state index in [-0.39, 0.29) is 55.6 Å². The highest BCUT2D eigenvalue weighted by atomic mass is 32.2. The summed E-state index contributed by atoms with van der Waals surface area (Å²) in [5.41, 5.74) is 1.17. The van der Waals surface area contributed by atoms with Crippen molar-refractivity contribution < 1.29 is 42.5 Å². The van der Waals surface area contributed by atoms with Gasteiger partial charge < -0.3 is 24.6 Å². The van der Waals surface area contributed by atoms with Gasteiger partial charge in [-0.1, -0.05) is 17.7 Å². The van der Waals surface area contributed by atoms with Gasteiger partial charge in [-0.05, 0) is 76.9 Å². The normalized spacial score (nSPS) is 16.2. The highest BCUT2D eigenvalue weighted by Gasteiger charge is 2.43. The molecule has 0 spiro atoms. The van der Waals surface area contributed by atoms with Crippen LogP contribution >= 0.6 is 0 Å². The fourth-order valence-electron chi connectivity index (χ4n) is 4.63. The van der Waals surface area contributed by atoms with Gasteiger partial charge in [0.15, 0.2) is 0 Å². The largest absolute Gasteiger partial charge is 0.461 e. The maximum atomic E-state index is 14.1. The second-order valence-corrected chi connectivity index (χ2v) is 12.1. The van der Waals surface area contributed by atoms with Crippen LogP contribution in [0, 0.1) is 6.92 Å². The van der Waals surface area contributed by atoms with Crippen molar-refractivity contribution in [1.82, 2.24) is 9.21 Å². The number of aliphatic hydroxyl groups excluding tert-OH is 2. The van der Waals surface area contributed by atoms with Crippen molar-refractivity contribution >= 4 is 33.7 Å². The Bertz CT molecular complexity index is 1330. The Kier molecular flexibility index (Phi) is 11.5. The molecule has 0 bridgehead atoms. The summed E-state index contributed by atoms with van der Waals surface area (Å²) in [4.78, 5) is 41.9. The van der Waals surface area contributed by atoms with E-state index >= 15 is 0 Å². The number of rotatable bonds is 12. The molecule has 2 atom stereocenters. The number of aliphatic hydroxyl groups is 2. The number of benzene rings is 2. The van der Waals surface area contributed by atoms with Gasteiger partial charge in [0.25, 0.3) is 0 Å². The van der Waals surface area contributed by atoms with Gasteiger partial charge in [0, 0.05) is 25.3 Å². The Morgan fingerprint density at radius 3 is 2.12 bits per heavy atom. The van der Waals surface area contributed by atoms with E-state index in [1.165, 1.54) is 52.5 Å². The van der Waals surface area contributed by atoms with Crippen LogP contribution in [0.2, 0.25) is 0 Å². The van der Waals surface area contributed by atoms with Gasteiger partial charge in [-0.15, -0.1) is 0 Å². The number of nitrogens with zero attached hydrogens (tertiary/aromatic N) is 3. The van der Waals surface area contributed by atoms with Crippen molar-refractivity contribution in [2.24, 2.45) is 0 Å². The van der Waals surface area contributed by atoms with Crippen LogP contribution in [-0.4, -0.2) is 96.8 Å². The van der Waals surface area contributed by atoms with E-state index in [4.69, 9.17) is 19.7 Å². The maximum absolute atomic E-state index is 14.1. The Morgan fingerprint density at radius 2 is 1.57 bits per heavy atom. The van der Waals surface area contributed by atoms with Gasteiger partial charge >= 0.3 is 12.1 Å². The third-order valence-corrected chi connectivity index (χ3v) is 8.67. The summed E-state index contributed by atoms with van der Waals surface area (Å²) in [5, 5.41) is 18.3. The summed E-state index contributed by atoms with van der Waals surface area (Å²) >= 11 is 0. The first-order valence-electron chi connectivity index (χ1n) is 13.8. The zero-order chi connectivity index (χ0) is 31.0. The number of esters is 1. The summed E-state index contributed by atoms with van der Waals surface area (Å²) in [6.07, 6.45) is -0.485. The molecule has 12 nitrogen and oxygen atoms in total. The molecule has 2 amide bonds. The Balaban J connectivity index is 1.93. The zero-order valence-corrected chi connectivity index (χ0v) is 25.1. The molecule has 2 N–H and O–H groups in total. The summed E-state index contributed by atoms with van der Waals surface area (Å²) in [6, 6.07) is 10.1. The van der Waals surface area contributed by atoms with E-state index in [9.17, 15) is 22.8 Å². The predicted octanol–water partition coefficient (Wildman–Crippen LogP) is 2.31. The second-order valence-electron chi connectivity index (χ2n) is 10.3. The monoisotopic (exact) mass is 605 g/mol. The molecule has 1 aliphatic heterocycles. The lowest BCUT2D eigenvalue weighted by atomic mass is 10.1. The smallest absolute Gasteiger partial charge is 0.415 e. The van der Waals surface area contributed by atoms with Crippen molar-refractivity contribution in [2.75, 3.05) is 37.7 Å². The molecule has 1 fully saturated rings. The number of sulfonamides is 1. The number of amides is 2. The highest BCUT2D eigenvalue weighted by molar-refractivity contribution is 7.89. The van der Waals surface area contributed by atoms with Gasteiger partial charge in [-0.3, -0.25) is 9.69 Å². The van der Waals surface area contributed by atoms with Crippen molar-refractivity contribution in [3.63, 3.8) is 0 Å². The molecule has 0 radical (unpaired) electrons. The van der Waals surface area contributed by atoms with Crippen LogP contribution in [0.4, 0.5) is 10.5 Å². The lowest BCUT2D eigenvalue weighted by molar-refractivity contribution is -0.149. The van der Waals surface area contributed by atoms with E-state index in [0.717, 1.165) is 10.5 Å². The second kappa shape index (κ2) is 14.6. The van der Waals surface area contributed by atoms with Crippen molar-refractivity contribution in [2.45, 2.75) is 63.6 Å². The number of hydrogen-bond acceptors (Lipinski definition) is 9. The van der Waals surface area contributed by atoms with E-state index in [0.29, 0.717) is 6.42 Å². The van der Waals surface area contributed by atoms with Crippen LogP contribution in [0.3, 0.4) is 0 Å². The van der Waals surface area contributed by atoms with Crippen LogP contribution in [0.15, 0.2) is 53.4 Å². The first-order valence-corrected chi connectivity index (χ1v) is 15.2. The summed E-state index contributed by atoms with van der Waals surface area (Å²) < 4.78 is 39.0. The standard InChI is InChI=1S/C29H39N3O9S/c1-20(2)40-28(36)22(4)32(23-9-11-24(12-10-23)41-29(37)30(16-18-33)17-19-34)27(35)26-6-5-15-31(26)42(38,39)25-13-7-21(3)8-14-25/h7-14,20,22,26,33-34H,5-6,15-19H2,1-4H3/t22-,26-/m0/s1. The molecule has 2 aromatic carbocycles. The lowest BCUT2D eigenvalue weighted by Crippen LogP contribution is -2.53. The summed E-state index contributed by atoms with van der Waals surface area (Å²) in [6.45, 7) is 6.19. The third kappa shape index (κ3) is 7.85. The Morgan fingerprint density at radius 1 is 0.976 bits per heavy atom. The fourth-order valence-corrected chi connectivity index (χ4v) is 6.29. The fraction of sp³-hybridized carbons (Fsp3) is 0.483. The van der Waals surface area contributed by atoms with Gasteiger partial charge in [-0.2, -0.15) is 4.31 Å². The van der Waals surface area contributed by atoms with Gasteiger partial charge in [0.05, 0.1) is 24.2 Å². The molecule has 42 heavy (non-hydrogen) atoms. The van der Waals surface area contributed by atoms with Crippen LogP contribution < -0.4 is 9.64 Å². The Labute approximate surface area is 246 Å². The van der Waals surface area contributed by atoms with Crippen LogP contribution in [-0.2, 0) is 24.3 Å². The molecule has 1 heterocycles. The molecule has 0 aromatic heterocycles. The number of hydrogen-bond donors (Lipinski definition) is 2. The molecular weight excluding hydrogens is 566 g/mol. The molecule has 230 valence electrons. The minimum atomic E-state index is -4.00. The SMILES string of the molecule is Cc1ccc(S(=O)(=O)N2CCC[C@H]2C(=O)N(c2ccc(OC(=O)N(CCO)CCO)cc2)[C@@H](C)C(=O)OC(C)C)cc1. The van der Waals surface area contributed by atoms with E-state index < -0.39 is 46.2 Å². The zero-order valence-electron chi connectivity index (χ0n) is 24.3. The quantitative estimate of drug-likeness (QED) is 0.347. The van der Waals surface area contributed by atoms with Crippen molar-refractivity contribution in [1.29, 1.82) is 0 Å². The molecule has 0 saturated carbocycles. The predicted molar refractivity (Wildman–Crippen MR) is 154 cm³/mol. The van der Waals surface area contributed by atoms with Crippen molar-refractivity contribution in [3.05, 3.63) is 54.1 Å². The first-order chi connectivity index (χ1) is 19.9. The lowest BCUT2D eigenvalue weighted by Gasteiger charge is -2.33. The average molecular weight is 606 g/mol. The van der Waals surface area contributed by atoms with Crippen molar-refractivity contribution in [3.8, 4) is 5.75 Å². The number of carbonyl (C=O) groups is 3. The minimum absolute atomic E-state index is 0.0291.